The minimum absolute atomic E-state index is 0.0528. The Morgan fingerprint density at radius 2 is 1.81 bits per heavy atom. The number of benzene rings is 2. The van der Waals surface area contributed by atoms with E-state index in [0.29, 0.717) is 32.9 Å². The van der Waals surface area contributed by atoms with Gasteiger partial charge in [-0.2, -0.15) is 5.26 Å². The van der Waals surface area contributed by atoms with Crippen LogP contribution in [0.25, 0.3) is 6.08 Å². The fourth-order valence-corrected chi connectivity index (χ4v) is 3.53. The molecule has 1 amide bonds. The number of nitrogens with one attached hydrogen (secondary N) is 1. The number of aryl methyl sites for hydroxylation is 1. The fraction of sp³-hybridized carbons (Fsp3) is 0.292. The summed E-state index contributed by atoms with van der Waals surface area (Å²) < 4.78 is 16.8. The average Bonchev–Trinajstić information content (AvgIpc) is 2.77. The summed E-state index contributed by atoms with van der Waals surface area (Å²) in [6, 6.07) is 12.8. The molecular weight excluding hydrogens is 523 g/mol. The predicted molar refractivity (Wildman–Crippen MR) is 130 cm³/mol. The fourth-order valence-electron chi connectivity index (χ4n) is 2.75. The SMILES string of the molecule is CCOC(=O)COc1c(I)cc(/C=C(\C#N)C(=O)Nc2ccc(CC)cc2)cc1OCC. The normalized spacial score (nSPS) is 10.8. The van der Waals surface area contributed by atoms with Crippen molar-refractivity contribution in [3.05, 3.63) is 56.7 Å². The number of esters is 1. The smallest absolute Gasteiger partial charge is 0.344 e. The maximum absolute atomic E-state index is 12.6. The summed E-state index contributed by atoms with van der Waals surface area (Å²) in [7, 11) is 0. The van der Waals surface area contributed by atoms with E-state index < -0.39 is 11.9 Å². The van der Waals surface area contributed by atoms with Crippen LogP contribution < -0.4 is 14.8 Å². The van der Waals surface area contributed by atoms with Crippen LogP contribution in [0.15, 0.2) is 42.0 Å². The monoisotopic (exact) mass is 548 g/mol. The van der Waals surface area contributed by atoms with Crippen molar-refractivity contribution >= 4 is 46.2 Å². The lowest BCUT2D eigenvalue weighted by atomic mass is 10.1. The lowest BCUT2D eigenvalue weighted by Gasteiger charge is -2.14. The number of carbonyl (C=O) groups excluding carboxylic acids is 2. The number of hydrogen-bond donors (Lipinski definition) is 1. The minimum atomic E-state index is -0.507. The third-order valence-electron chi connectivity index (χ3n) is 4.27. The highest BCUT2D eigenvalue weighted by atomic mass is 127. The zero-order valence-corrected chi connectivity index (χ0v) is 20.4. The van der Waals surface area contributed by atoms with Gasteiger partial charge in [-0.05, 0) is 84.3 Å². The number of anilines is 1. The van der Waals surface area contributed by atoms with E-state index in [-0.39, 0.29) is 18.8 Å². The van der Waals surface area contributed by atoms with Crippen LogP contribution >= 0.6 is 22.6 Å². The number of ether oxygens (including phenoxy) is 3. The molecule has 0 atom stereocenters. The van der Waals surface area contributed by atoms with E-state index in [1.165, 1.54) is 6.08 Å². The number of carbonyl (C=O) groups is 2. The molecule has 0 radical (unpaired) electrons. The Morgan fingerprint density at radius 1 is 1.09 bits per heavy atom. The Balaban J connectivity index is 2.26. The molecule has 0 bridgehead atoms. The molecule has 0 aromatic heterocycles. The molecule has 0 aliphatic rings. The van der Waals surface area contributed by atoms with Gasteiger partial charge in [0.15, 0.2) is 18.1 Å². The molecule has 1 N–H and O–H groups in total. The first-order valence-corrected chi connectivity index (χ1v) is 11.3. The third kappa shape index (κ3) is 7.27. The number of amides is 1. The van der Waals surface area contributed by atoms with Crippen LogP contribution in [0.4, 0.5) is 5.69 Å². The van der Waals surface area contributed by atoms with Crippen molar-refractivity contribution in [2.24, 2.45) is 0 Å². The molecule has 2 aromatic rings. The molecule has 0 saturated carbocycles. The van der Waals surface area contributed by atoms with Gasteiger partial charge in [0.25, 0.3) is 5.91 Å². The van der Waals surface area contributed by atoms with Crippen molar-refractivity contribution in [3.63, 3.8) is 0 Å². The topological polar surface area (TPSA) is 97.7 Å². The van der Waals surface area contributed by atoms with Crippen molar-refractivity contribution in [2.45, 2.75) is 27.2 Å². The largest absolute Gasteiger partial charge is 0.490 e. The number of rotatable bonds is 10. The van der Waals surface area contributed by atoms with Gasteiger partial charge in [-0.15, -0.1) is 0 Å². The predicted octanol–water partition coefficient (Wildman–Crippen LogP) is 4.74. The van der Waals surface area contributed by atoms with Crippen molar-refractivity contribution in [1.82, 2.24) is 0 Å². The summed E-state index contributed by atoms with van der Waals surface area (Å²) >= 11 is 2.05. The molecule has 0 fully saturated rings. The summed E-state index contributed by atoms with van der Waals surface area (Å²) in [5.74, 6) is -0.183. The molecule has 0 saturated heterocycles. The van der Waals surface area contributed by atoms with Crippen LogP contribution in [0, 0.1) is 14.9 Å². The Kier molecular flexibility index (Phi) is 10.0. The van der Waals surface area contributed by atoms with Gasteiger partial charge < -0.3 is 19.5 Å². The van der Waals surface area contributed by atoms with Crippen LogP contribution in [0.2, 0.25) is 0 Å². The standard InChI is InChI=1S/C24H25IN2O5/c1-4-16-7-9-19(10-8-16)27-24(29)18(14-26)11-17-12-20(25)23(21(13-17)30-5-2)32-15-22(28)31-6-3/h7-13H,4-6,15H2,1-3H3,(H,27,29)/b18-11+. The van der Waals surface area contributed by atoms with Crippen LogP contribution in [0.1, 0.15) is 31.9 Å². The van der Waals surface area contributed by atoms with Gasteiger partial charge >= 0.3 is 5.97 Å². The number of halogens is 1. The second kappa shape index (κ2) is 12.7. The summed E-state index contributed by atoms with van der Waals surface area (Å²) in [6.45, 7) is 5.98. The molecule has 32 heavy (non-hydrogen) atoms. The van der Waals surface area contributed by atoms with Gasteiger partial charge in [0.2, 0.25) is 0 Å². The van der Waals surface area contributed by atoms with Gasteiger partial charge in [0.05, 0.1) is 16.8 Å². The van der Waals surface area contributed by atoms with E-state index in [1.54, 1.807) is 31.2 Å². The molecule has 0 heterocycles. The maximum atomic E-state index is 12.6. The van der Waals surface area contributed by atoms with E-state index in [9.17, 15) is 14.9 Å². The molecule has 0 spiro atoms. The van der Waals surface area contributed by atoms with Crippen LogP contribution in [0.3, 0.4) is 0 Å². The van der Waals surface area contributed by atoms with Crippen LogP contribution in [0.5, 0.6) is 11.5 Å². The van der Waals surface area contributed by atoms with Gasteiger partial charge in [-0.3, -0.25) is 4.79 Å². The van der Waals surface area contributed by atoms with E-state index >= 15 is 0 Å². The molecule has 0 aliphatic carbocycles. The lowest BCUT2D eigenvalue weighted by molar-refractivity contribution is -0.145. The van der Waals surface area contributed by atoms with Crippen molar-refractivity contribution in [1.29, 1.82) is 5.26 Å². The van der Waals surface area contributed by atoms with Gasteiger partial charge in [0.1, 0.15) is 11.6 Å². The number of nitrogens with zero attached hydrogens (tertiary/aromatic N) is 1. The van der Waals surface area contributed by atoms with Gasteiger partial charge in [-0.1, -0.05) is 19.1 Å². The van der Waals surface area contributed by atoms with Crippen LogP contribution in [-0.4, -0.2) is 31.7 Å². The first-order chi connectivity index (χ1) is 15.4. The number of nitriles is 1. The summed E-state index contributed by atoms with van der Waals surface area (Å²) in [4.78, 5) is 24.2. The minimum Gasteiger partial charge on any atom is -0.490 e. The first-order valence-electron chi connectivity index (χ1n) is 10.2. The summed E-state index contributed by atoms with van der Waals surface area (Å²) in [6.07, 6.45) is 2.38. The molecule has 168 valence electrons. The van der Waals surface area contributed by atoms with Crippen molar-refractivity contribution < 1.29 is 23.8 Å². The summed E-state index contributed by atoms with van der Waals surface area (Å²) in [5, 5.41) is 12.3. The zero-order chi connectivity index (χ0) is 23.5. The van der Waals surface area contributed by atoms with E-state index in [1.807, 2.05) is 25.1 Å². The first kappa shape index (κ1) is 25.2. The highest BCUT2D eigenvalue weighted by Crippen LogP contribution is 2.35. The second-order valence-corrected chi connectivity index (χ2v) is 7.69. The third-order valence-corrected chi connectivity index (χ3v) is 5.07. The van der Waals surface area contributed by atoms with Crippen molar-refractivity contribution in [3.8, 4) is 17.6 Å². The second-order valence-electron chi connectivity index (χ2n) is 6.53. The number of hydrogen-bond acceptors (Lipinski definition) is 6. The lowest BCUT2D eigenvalue weighted by Crippen LogP contribution is -2.15. The quantitative estimate of drug-likeness (QED) is 0.200. The molecule has 0 unspecified atom stereocenters. The van der Waals surface area contributed by atoms with Crippen LogP contribution in [-0.2, 0) is 20.7 Å². The molecular formula is C24H25IN2O5. The average molecular weight is 548 g/mol. The van der Waals surface area contributed by atoms with Gasteiger partial charge in [-0.25, -0.2) is 4.79 Å². The maximum Gasteiger partial charge on any atom is 0.344 e. The highest BCUT2D eigenvalue weighted by Gasteiger charge is 2.16. The highest BCUT2D eigenvalue weighted by molar-refractivity contribution is 14.1. The molecule has 2 rings (SSSR count). The Morgan fingerprint density at radius 3 is 2.41 bits per heavy atom. The molecule has 7 nitrogen and oxygen atoms in total. The molecule has 2 aromatic carbocycles. The molecule has 0 aliphatic heterocycles. The zero-order valence-electron chi connectivity index (χ0n) is 18.2. The van der Waals surface area contributed by atoms with E-state index in [0.717, 1.165) is 12.0 Å². The Labute approximate surface area is 201 Å². The van der Waals surface area contributed by atoms with Crippen molar-refractivity contribution in [2.75, 3.05) is 25.1 Å². The van der Waals surface area contributed by atoms with Gasteiger partial charge in [0, 0.05) is 5.69 Å². The summed E-state index contributed by atoms with van der Waals surface area (Å²) in [5.41, 5.74) is 2.31. The van der Waals surface area contributed by atoms with E-state index in [2.05, 4.69) is 34.8 Å². The Bertz CT molecular complexity index is 1030. The molecule has 8 heteroatoms. The van der Waals surface area contributed by atoms with E-state index in [4.69, 9.17) is 14.2 Å². The Hall–Kier alpha value is -3.06.